The molecule has 1 saturated carbocycles. The smallest absolute Gasteiger partial charge is 0.273 e. The highest BCUT2D eigenvalue weighted by Crippen LogP contribution is 2.21. The molecule has 5 heteroatoms. The van der Waals surface area contributed by atoms with Crippen LogP contribution in [0.15, 0.2) is 10.7 Å². The Morgan fingerprint density at radius 1 is 1.43 bits per heavy atom. The molecule has 2 rings (SSSR count). The van der Waals surface area contributed by atoms with E-state index in [0.717, 1.165) is 19.3 Å². The maximum Gasteiger partial charge on any atom is 0.273 e. The summed E-state index contributed by atoms with van der Waals surface area (Å²) in [7, 11) is 0. The van der Waals surface area contributed by atoms with Gasteiger partial charge in [0, 0.05) is 6.04 Å². The summed E-state index contributed by atoms with van der Waals surface area (Å²) in [6, 6.07) is 0.0119. The number of hydrogen-bond donors (Lipinski definition) is 2. The lowest BCUT2D eigenvalue weighted by Crippen LogP contribution is -2.34. The van der Waals surface area contributed by atoms with Gasteiger partial charge in [0.1, 0.15) is 6.26 Å². The monoisotopic (exact) mass is 293 g/mol. The largest absolute Gasteiger partial charge is 0.446 e. The third-order valence-electron chi connectivity index (χ3n) is 4.49. The van der Waals surface area contributed by atoms with E-state index in [0.29, 0.717) is 11.6 Å². The second-order valence-corrected chi connectivity index (χ2v) is 6.14. The highest BCUT2D eigenvalue weighted by molar-refractivity contribution is 5.92. The molecule has 21 heavy (non-hydrogen) atoms. The standard InChI is InChI=1S/C16H27N3O2/c1-3-11(2)14(17)16-19-13(10-21-16)15(20)18-12-8-6-4-5-7-9-12/h10-12,14H,3-9,17H2,1-2H3,(H,18,20). The van der Waals surface area contributed by atoms with Gasteiger partial charge in [-0.1, -0.05) is 46.0 Å². The van der Waals surface area contributed by atoms with Gasteiger partial charge in [0.25, 0.3) is 5.91 Å². The maximum absolute atomic E-state index is 12.2. The Balaban J connectivity index is 1.95. The first-order chi connectivity index (χ1) is 10.1. The number of aromatic nitrogens is 1. The molecule has 0 saturated heterocycles. The van der Waals surface area contributed by atoms with E-state index in [1.165, 1.54) is 31.9 Å². The topological polar surface area (TPSA) is 81.1 Å². The fraction of sp³-hybridized carbons (Fsp3) is 0.750. The summed E-state index contributed by atoms with van der Waals surface area (Å²) in [6.07, 6.45) is 9.40. The van der Waals surface area contributed by atoms with Gasteiger partial charge in [0.2, 0.25) is 5.89 Å². The summed E-state index contributed by atoms with van der Waals surface area (Å²) in [5.74, 6) is 0.588. The minimum Gasteiger partial charge on any atom is -0.446 e. The van der Waals surface area contributed by atoms with Crippen molar-refractivity contribution < 1.29 is 9.21 Å². The molecule has 3 N–H and O–H groups in total. The lowest BCUT2D eigenvalue weighted by Gasteiger charge is -2.15. The molecule has 1 fully saturated rings. The molecule has 5 nitrogen and oxygen atoms in total. The number of rotatable bonds is 5. The molecular formula is C16H27N3O2. The zero-order valence-electron chi connectivity index (χ0n) is 13.1. The Bertz CT molecular complexity index is 450. The number of amides is 1. The van der Waals surface area contributed by atoms with Crippen molar-refractivity contribution in [2.75, 3.05) is 0 Å². The molecule has 0 spiro atoms. The van der Waals surface area contributed by atoms with Crippen LogP contribution in [0.3, 0.4) is 0 Å². The molecule has 0 aliphatic heterocycles. The quantitative estimate of drug-likeness (QED) is 0.817. The van der Waals surface area contributed by atoms with E-state index in [-0.39, 0.29) is 23.9 Å². The molecule has 2 unspecified atom stereocenters. The van der Waals surface area contributed by atoms with Crippen molar-refractivity contribution in [1.82, 2.24) is 10.3 Å². The first-order valence-electron chi connectivity index (χ1n) is 8.13. The number of carbonyl (C=O) groups excluding carboxylic acids is 1. The van der Waals surface area contributed by atoms with Gasteiger partial charge in [0.15, 0.2) is 5.69 Å². The van der Waals surface area contributed by atoms with Crippen molar-refractivity contribution >= 4 is 5.91 Å². The van der Waals surface area contributed by atoms with Crippen LogP contribution in [0.25, 0.3) is 0 Å². The molecule has 1 aliphatic carbocycles. The summed E-state index contributed by atoms with van der Waals surface area (Å²) < 4.78 is 5.39. The molecule has 1 aliphatic rings. The van der Waals surface area contributed by atoms with E-state index in [9.17, 15) is 4.79 Å². The minimum atomic E-state index is -0.255. The van der Waals surface area contributed by atoms with Crippen LogP contribution in [0, 0.1) is 5.92 Å². The summed E-state index contributed by atoms with van der Waals surface area (Å²) in [4.78, 5) is 16.5. The van der Waals surface area contributed by atoms with Crippen LogP contribution in [-0.2, 0) is 0 Å². The van der Waals surface area contributed by atoms with Crippen molar-refractivity contribution in [2.24, 2.45) is 11.7 Å². The highest BCUT2D eigenvalue weighted by Gasteiger charge is 2.22. The van der Waals surface area contributed by atoms with Crippen LogP contribution in [0.1, 0.15) is 81.2 Å². The third kappa shape index (κ3) is 4.30. The molecule has 1 amide bonds. The number of hydrogen-bond acceptors (Lipinski definition) is 4. The van der Waals surface area contributed by atoms with Crippen molar-refractivity contribution in [3.63, 3.8) is 0 Å². The highest BCUT2D eigenvalue weighted by atomic mass is 16.3. The Kier molecular flexibility index (Phi) is 5.79. The van der Waals surface area contributed by atoms with Gasteiger partial charge in [-0.3, -0.25) is 4.79 Å². The summed E-state index contributed by atoms with van der Waals surface area (Å²) >= 11 is 0. The predicted octanol–water partition coefficient (Wildman–Crippen LogP) is 3.17. The van der Waals surface area contributed by atoms with E-state index < -0.39 is 0 Å². The van der Waals surface area contributed by atoms with Gasteiger partial charge < -0.3 is 15.5 Å². The summed E-state index contributed by atoms with van der Waals surface area (Å²) in [6.45, 7) is 4.13. The number of nitrogens with two attached hydrogens (primary N) is 1. The van der Waals surface area contributed by atoms with Crippen molar-refractivity contribution in [3.05, 3.63) is 17.8 Å². The third-order valence-corrected chi connectivity index (χ3v) is 4.49. The zero-order chi connectivity index (χ0) is 15.2. The molecule has 0 bridgehead atoms. The van der Waals surface area contributed by atoms with Gasteiger partial charge in [-0.05, 0) is 18.8 Å². The van der Waals surface area contributed by atoms with Crippen molar-refractivity contribution in [2.45, 2.75) is 70.9 Å². The van der Waals surface area contributed by atoms with Crippen LogP contribution < -0.4 is 11.1 Å². The Hall–Kier alpha value is -1.36. The van der Waals surface area contributed by atoms with Gasteiger partial charge >= 0.3 is 0 Å². The molecular weight excluding hydrogens is 266 g/mol. The van der Waals surface area contributed by atoms with Gasteiger partial charge in [0.05, 0.1) is 6.04 Å². The zero-order valence-corrected chi connectivity index (χ0v) is 13.1. The van der Waals surface area contributed by atoms with E-state index in [1.54, 1.807) is 0 Å². The molecule has 1 aromatic rings. The molecule has 118 valence electrons. The van der Waals surface area contributed by atoms with E-state index in [1.807, 2.05) is 0 Å². The van der Waals surface area contributed by atoms with Crippen LogP contribution in [0.2, 0.25) is 0 Å². The second-order valence-electron chi connectivity index (χ2n) is 6.14. The maximum atomic E-state index is 12.2. The molecule has 2 atom stereocenters. The minimum absolute atomic E-state index is 0.145. The number of nitrogens with zero attached hydrogens (tertiary/aromatic N) is 1. The first-order valence-corrected chi connectivity index (χ1v) is 8.13. The molecule has 0 radical (unpaired) electrons. The van der Waals surface area contributed by atoms with Crippen molar-refractivity contribution in [3.8, 4) is 0 Å². The van der Waals surface area contributed by atoms with Gasteiger partial charge in [-0.15, -0.1) is 0 Å². The summed E-state index contributed by atoms with van der Waals surface area (Å²) in [5.41, 5.74) is 6.42. The SMILES string of the molecule is CCC(C)C(N)c1nc(C(=O)NC2CCCCCC2)co1. The number of carbonyl (C=O) groups is 1. The number of oxazole rings is 1. The van der Waals surface area contributed by atoms with Gasteiger partial charge in [-0.25, -0.2) is 4.98 Å². The Labute approximate surface area is 126 Å². The van der Waals surface area contributed by atoms with Crippen LogP contribution in [-0.4, -0.2) is 16.9 Å². The van der Waals surface area contributed by atoms with E-state index >= 15 is 0 Å². The normalized spacial score (nSPS) is 19.8. The molecule has 1 aromatic heterocycles. The van der Waals surface area contributed by atoms with Crippen LogP contribution in [0.4, 0.5) is 0 Å². The fourth-order valence-corrected chi connectivity index (χ4v) is 2.73. The van der Waals surface area contributed by atoms with E-state index in [4.69, 9.17) is 10.2 Å². The Morgan fingerprint density at radius 3 is 2.71 bits per heavy atom. The average Bonchev–Trinajstić information content (AvgIpc) is 2.85. The summed E-state index contributed by atoms with van der Waals surface area (Å²) in [5, 5.41) is 3.07. The van der Waals surface area contributed by atoms with Crippen LogP contribution >= 0.6 is 0 Å². The van der Waals surface area contributed by atoms with Crippen molar-refractivity contribution in [1.29, 1.82) is 0 Å². The average molecular weight is 293 g/mol. The van der Waals surface area contributed by atoms with E-state index in [2.05, 4.69) is 24.1 Å². The lowest BCUT2D eigenvalue weighted by molar-refractivity contribution is 0.0928. The predicted molar refractivity (Wildman–Crippen MR) is 81.8 cm³/mol. The van der Waals surface area contributed by atoms with Gasteiger partial charge in [-0.2, -0.15) is 0 Å². The Morgan fingerprint density at radius 2 is 2.10 bits per heavy atom. The first kappa shape index (κ1) is 16.0. The molecule has 0 aromatic carbocycles. The second kappa shape index (κ2) is 7.59. The number of nitrogens with one attached hydrogen (secondary N) is 1. The molecule has 1 heterocycles. The van der Waals surface area contributed by atoms with Crippen LogP contribution in [0.5, 0.6) is 0 Å². The fourth-order valence-electron chi connectivity index (χ4n) is 2.73. The lowest BCUT2D eigenvalue weighted by atomic mass is 10.0.